The van der Waals surface area contributed by atoms with Crippen LogP contribution in [-0.4, -0.2) is 56.1 Å². The lowest BCUT2D eigenvalue weighted by Gasteiger charge is -2.35. The monoisotopic (exact) mass is 233 g/mol. The first-order valence-corrected chi connectivity index (χ1v) is 6.38. The second kappa shape index (κ2) is 6.15. The van der Waals surface area contributed by atoms with Gasteiger partial charge in [-0.1, -0.05) is 30.3 Å². The van der Waals surface area contributed by atoms with Crippen molar-refractivity contribution in [3.8, 4) is 0 Å². The van der Waals surface area contributed by atoms with E-state index in [1.807, 2.05) is 0 Å². The van der Waals surface area contributed by atoms with Gasteiger partial charge in [-0.2, -0.15) is 0 Å². The van der Waals surface area contributed by atoms with E-state index in [9.17, 15) is 0 Å². The van der Waals surface area contributed by atoms with Crippen molar-refractivity contribution < 1.29 is 0 Å². The van der Waals surface area contributed by atoms with E-state index in [0.717, 1.165) is 32.7 Å². The van der Waals surface area contributed by atoms with Gasteiger partial charge in [0.1, 0.15) is 0 Å². The highest BCUT2D eigenvalue weighted by molar-refractivity contribution is 5.14. The molecule has 0 bridgehead atoms. The lowest BCUT2D eigenvalue weighted by molar-refractivity contribution is 0.172. The number of hydrogen-bond acceptors (Lipinski definition) is 3. The molecule has 1 aromatic rings. The Morgan fingerprint density at radius 3 is 2.76 bits per heavy atom. The van der Waals surface area contributed by atoms with E-state index >= 15 is 0 Å². The molecule has 3 nitrogen and oxygen atoms in total. The largest absolute Gasteiger partial charge is 0.310 e. The summed E-state index contributed by atoms with van der Waals surface area (Å²) < 4.78 is 0. The molecule has 1 atom stereocenters. The predicted molar refractivity (Wildman–Crippen MR) is 72.1 cm³/mol. The summed E-state index contributed by atoms with van der Waals surface area (Å²) in [4.78, 5) is 4.80. The third-order valence-electron chi connectivity index (χ3n) is 3.17. The van der Waals surface area contributed by atoms with Crippen molar-refractivity contribution in [1.29, 1.82) is 0 Å². The van der Waals surface area contributed by atoms with Gasteiger partial charge < -0.3 is 10.2 Å². The molecule has 0 amide bonds. The highest BCUT2D eigenvalue weighted by Gasteiger charge is 2.19. The normalized spacial score (nSPS) is 21.9. The molecule has 1 aliphatic heterocycles. The summed E-state index contributed by atoms with van der Waals surface area (Å²) in [6, 6.07) is 11.3. The molecule has 17 heavy (non-hydrogen) atoms. The average molecular weight is 233 g/mol. The Bertz CT molecular complexity index is 323. The molecule has 0 saturated carbocycles. The van der Waals surface area contributed by atoms with Crippen molar-refractivity contribution in [3.05, 3.63) is 35.9 Å². The molecule has 0 aliphatic carbocycles. The molecule has 0 spiro atoms. The predicted octanol–water partition coefficient (Wildman–Crippen LogP) is 1.02. The SMILES string of the molecule is CN(C)CC1CN(Cc2ccccc2)CCN1. The lowest BCUT2D eigenvalue weighted by atomic mass is 10.1. The Hall–Kier alpha value is -0.900. The van der Waals surface area contributed by atoms with Crippen LogP contribution in [0.5, 0.6) is 0 Å². The Morgan fingerprint density at radius 2 is 2.06 bits per heavy atom. The second-order valence-corrected chi connectivity index (χ2v) is 5.13. The fourth-order valence-electron chi connectivity index (χ4n) is 2.44. The number of likely N-dealkylation sites (N-methyl/N-ethyl adjacent to an activating group) is 1. The van der Waals surface area contributed by atoms with Crippen LogP contribution in [0, 0.1) is 0 Å². The summed E-state index contributed by atoms with van der Waals surface area (Å²) in [5.41, 5.74) is 1.41. The van der Waals surface area contributed by atoms with Crippen LogP contribution in [0.25, 0.3) is 0 Å². The minimum absolute atomic E-state index is 0.600. The Labute approximate surface area is 104 Å². The smallest absolute Gasteiger partial charge is 0.0323 e. The van der Waals surface area contributed by atoms with E-state index in [1.54, 1.807) is 0 Å². The molecular formula is C14H23N3. The first-order valence-electron chi connectivity index (χ1n) is 6.38. The molecule has 1 fully saturated rings. The number of hydrogen-bond donors (Lipinski definition) is 1. The van der Waals surface area contributed by atoms with Gasteiger partial charge in [0.25, 0.3) is 0 Å². The van der Waals surface area contributed by atoms with Crippen LogP contribution in [0.1, 0.15) is 5.56 Å². The summed E-state index contributed by atoms with van der Waals surface area (Å²) in [6.07, 6.45) is 0. The minimum Gasteiger partial charge on any atom is -0.310 e. The van der Waals surface area contributed by atoms with Crippen molar-refractivity contribution in [2.24, 2.45) is 0 Å². The Balaban J connectivity index is 1.85. The summed E-state index contributed by atoms with van der Waals surface area (Å²) in [5.74, 6) is 0. The fraction of sp³-hybridized carbons (Fsp3) is 0.571. The zero-order valence-corrected chi connectivity index (χ0v) is 10.9. The average Bonchev–Trinajstić information content (AvgIpc) is 2.30. The lowest BCUT2D eigenvalue weighted by Crippen LogP contribution is -2.53. The minimum atomic E-state index is 0.600. The third-order valence-corrected chi connectivity index (χ3v) is 3.17. The van der Waals surface area contributed by atoms with Gasteiger partial charge >= 0.3 is 0 Å². The van der Waals surface area contributed by atoms with E-state index < -0.39 is 0 Å². The first-order chi connectivity index (χ1) is 8.24. The molecule has 1 saturated heterocycles. The maximum atomic E-state index is 3.58. The molecule has 0 radical (unpaired) electrons. The molecule has 1 N–H and O–H groups in total. The van der Waals surface area contributed by atoms with Crippen LogP contribution in [0.3, 0.4) is 0 Å². The first kappa shape index (κ1) is 12.6. The maximum Gasteiger partial charge on any atom is 0.0323 e. The number of rotatable bonds is 4. The van der Waals surface area contributed by atoms with Crippen LogP contribution < -0.4 is 5.32 Å². The molecule has 0 aromatic heterocycles. The van der Waals surface area contributed by atoms with Gasteiger partial charge in [0.15, 0.2) is 0 Å². The molecule has 94 valence electrons. The molecule has 2 rings (SSSR count). The molecule has 1 heterocycles. The zero-order chi connectivity index (χ0) is 12.1. The van der Waals surface area contributed by atoms with Crippen LogP contribution in [-0.2, 0) is 6.54 Å². The van der Waals surface area contributed by atoms with Gasteiger partial charge in [-0.25, -0.2) is 0 Å². The van der Waals surface area contributed by atoms with Crippen molar-refractivity contribution in [2.75, 3.05) is 40.3 Å². The van der Waals surface area contributed by atoms with Gasteiger partial charge in [0.05, 0.1) is 0 Å². The zero-order valence-electron chi connectivity index (χ0n) is 10.9. The summed E-state index contributed by atoms with van der Waals surface area (Å²) in [5, 5.41) is 3.58. The molecule has 1 unspecified atom stereocenters. The van der Waals surface area contributed by atoms with E-state index in [1.165, 1.54) is 5.56 Å². The topological polar surface area (TPSA) is 18.5 Å². The number of piperazine rings is 1. The second-order valence-electron chi connectivity index (χ2n) is 5.13. The Morgan fingerprint density at radius 1 is 1.29 bits per heavy atom. The van der Waals surface area contributed by atoms with Gasteiger partial charge in [-0.15, -0.1) is 0 Å². The van der Waals surface area contributed by atoms with E-state index in [4.69, 9.17) is 0 Å². The molecule has 3 heteroatoms. The highest BCUT2D eigenvalue weighted by atomic mass is 15.2. The van der Waals surface area contributed by atoms with Gasteiger partial charge in [-0.05, 0) is 19.7 Å². The van der Waals surface area contributed by atoms with Crippen molar-refractivity contribution in [1.82, 2.24) is 15.1 Å². The van der Waals surface area contributed by atoms with Gasteiger partial charge in [0, 0.05) is 38.8 Å². The van der Waals surface area contributed by atoms with Crippen LogP contribution in [0.15, 0.2) is 30.3 Å². The third kappa shape index (κ3) is 4.11. The quantitative estimate of drug-likeness (QED) is 0.838. The van der Waals surface area contributed by atoms with Crippen LogP contribution in [0.2, 0.25) is 0 Å². The number of nitrogens with one attached hydrogen (secondary N) is 1. The van der Waals surface area contributed by atoms with E-state index in [2.05, 4.69) is 59.5 Å². The summed E-state index contributed by atoms with van der Waals surface area (Å²) in [7, 11) is 4.27. The van der Waals surface area contributed by atoms with E-state index in [-0.39, 0.29) is 0 Å². The molecule has 1 aromatic carbocycles. The molecule has 1 aliphatic rings. The Kier molecular flexibility index (Phi) is 4.54. The standard InChI is InChI=1S/C14H23N3/c1-16(2)11-14-12-17(9-8-15-14)10-13-6-4-3-5-7-13/h3-7,14-15H,8-12H2,1-2H3. The van der Waals surface area contributed by atoms with Gasteiger partial charge in [-0.3, -0.25) is 4.90 Å². The van der Waals surface area contributed by atoms with Crippen LogP contribution >= 0.6 is 0 Å². The van der Waals surface area contributed by atoms with Crippen LogP contribution in [0.4, 0.5) is 0 Å². The fourth-order valence-corrected chi connectivity index (χ4v) is 2.44. The van der Waals surface area contributed by atoms with Gasteiger partial charge in [0.2, 0.25) is 0 Å². The molecular weight excluding hydrogens is 210 g/mol. The highest BCUT2D eigenvalue weighted by Crippen LogP contribution is 2.07. The summed E-state index contributed by atoms with van der Waals surface area (Å²) in [6.45, 7) is 5.59. The van der Waals surface area contributed by atoms with Crippen molar-refractivity contribution in [3.63, 3.8) is 0 Å². The van der Waals surface area contributed by atoms with Crippen molar-refractivity contribution in [2.45, 2.75) is 12.6 Å². The van der Waals surface area contributed by atoms with E-state index in [0.29, 0.717) is 6.04 Å². The maximum absolute atomic E-state index is 3.58. The summed E-state index contributed by atoms with van der Waals surface area (Å²) >= 11 is 0. The number of benzene rings is 1. The van der Waals surface area contributed by atoms with Crippen molar-refractivity contribution >= 4 is 0 Å². The number of nitrogens with zero attached hydrogens (tertiary/aromatic N) is 2.